The first kappa shape index (κ1) is 24.8. The number of carboxylic acid groups (broad SMARTS) is 1. The van der Waals surface area contributed by atoms with E-state index in [1.807, 2.05) is 55.5 Å². The number of amides is 1. The molecule has 0 aliphatic heterocycles. The molecule has 9 heteroatoms. The zero-order valence-corrected chi connectivity index (χ0v) is 19.6. The monoisotopic (exact) mass is 463 g/mol. The van der Waals surface area contributed by atoms with Gasteiger partial charge in [0, 0.05) is 18.5 Å². The number of nitrogens with one attached hydrogen (secondary N) is 1. The molecule has 3 rings (SSSR count). The average molecular weight is 464 g/mol. The number of hydrogen-bond acceptors (Lipinski definition) is 6. The van der Waals surface area contributed by atoms with Crippen LogP contribution in [0.1, 0.15) is 45.6 Å². The number of nitrogens with zero attached hydrogens (tertiary/aromatic N) is 4. The van der Waals surface area contributed by atoms with Crippen molar-refractivity contribution in [3.63, 3.8) is 0 Å². The number of rotatable bonds is 11. The van der Waals surface area contributed by atoms with E-state index in [-0.39, 0.29) is 18.9 Å². The van der Waals surface area contributed by atoms with Gasteiger partial charge < -0.3 is 14.8 Å². The van der Waals surface area contributed by atoms with Crippen molar-refractivity contribution in [1.82, 2.24) is 25.5 Å². The van der Waals surface area contributed by atoms with Gasteiger partial charge in [-0.15, -0.1) is 10.2 Å². The number of carbonyl (C=O) groups is 3. The van der Waals surface area contributed by atoms with Crippen molar-refractivity contribution in [2.75, 3.05) is 0 Å². The Kier molecular flexibility index (Phi) is 7.88. The van der Waals surface area contributed by atoms with Crippen LogP contribution in [0.2, 0.25) is 0 Å². The minimum absolute atomic E-state index is 0.0124. The van der Waals surface area contributed by atoms with Crippen LogP contribution in [0.4, 0.5) is 0 Å². The molecule has 0 fully saturated rings. The third kappa shape index (κ3) is 4.88. The van der Waals surface area contributed by atoms with Crippen molar-refractivity contribution < 1.29 is 19.5 Å². The minimum Gasteiger partial charge on any atom is -0.479 e. The molecule has 1 heterocycles. The van der Waals surface area contributed by atoms with Crippen molar-refractivity contribution >= 4 is 18.2 Å². The molecule has 178 valence electrons. The summed E-state index contributed by atoms with van der Waals surface area (Å²) in [5.41, 5.74) is 1.40. The molecule has 0 unspecified atom stereocenters. The minimum atomic E-state index is -1.94. The van der Waals surface area contributed by atoms with Crippen molar-refractivity contribution in [2.24, 2.45) is 5.92 Å². The molecule has 9 nitrogen and oxygen atoms in total. The smallest absolute Gasteiger partial charge is 0.337 e. The summed E-state index contributed by atoms with van der Waals surface area (Å²) < 4.78 is 0. The summed E-state index contributed by atoms with van der Waals surface area (Å²) in [6, 6.07) is 15.1. The van der Waals surface area contributed by atoms with E-state index in [9.17, 15) is 19.5 Å². The molecule has 0 saturated heterocycles. The molecule has 2 aromatic carbocycles. The average Bonchev–Trinajstić information content (AvgIpc) is 3.37. The fraction of sp³-hybridized carbons (Fsp3) is 0.360. The summed E-state index contributed by atoms with van der Waals surface area (Å²) in [4.78, 5) is 38.6. The zero-order valence-electron chi connectivity index (χ0n) is 19.6. The summed E-state index contributed by atoms with van der Waals surface area (Å²) in [7, 11) is 0. The number of H-pyrrole nitrogens is 1. The molecule has 0 bridgehead atoms. The van der Waals surface area contributed by atoms with Crippen LogP contribution in [0.5, 0.6) is 0 Å². The lowest BCUT2D eigenvalue weighted by Crippen LogP contribution is -2.61. The molecular formula is C25H29N5O4. The standard InChI is InChI=1S/C25H29N5O4/c1-4-5-10-22(32)30(25(16-31,17(2)3)24(33)34)15-18-11-13-19(14-12-18)20-8-6-7-9-21(20)23-26-28-29-27-23/h6-9,11-14,16-17H,4-5,10,15H2,1-3H3,(H,33,34)(H,26,27,28,29)/t25-/m1/s1. The number of aldehydes is 1. The third-order valence-corrected chi connectivity index (χ3v) is 6.01. The van der Waals surface area contributed by atoms with E-state index in [1.54, 1.807) is 13.8 Å². The van der Waals surface area contributed by atoms with E-state index < -0.39 is 17.4 Å². The molecule has 0 spiro atoms. The Morgan fingerprint density at radius 3 is 2.32 bits per heavy atom. The highest BCUT2D eigenvalue weighted by atomic mass is 16.4. The molecule has 2 N–H and O–H groups in total. The van der Waals surface area contributed by atoms with Gasteiger partial charge in [0.15, 0.2) is 11.8 Å². The number of aromatic amines is 1. The van der Waals surface area contributed by atoms with Gasteiger partial charge in [0.2, 0.25) is 11.7 Å². The zero-order chi connectivity index (χ0) is 24.7. The first-order valence-corrected chi connectivity index (χ1v) is 11.3. The van der Waals surface area contributed by atoms with Crippen LogP contribution in [0.3, 0.4) is 0 Å². The number of benzene rings is 2. The predicted octanol–water partition coefficient (Wildman–Crippen LogP) is 3.73. The molecule has 0 aliphatic carbocycles. The van der Waals surface area contributed by atoms with Crippen molar-refractivity contribution in [3.05, 3.63) is 54.1 Å². The first-order valence-electron chi connectivity index (χ1n) is 11.3. The van der Waals surface area contributed by atoms with Crippen molar-refractivity contribution in [3.8, 4) is 22.5 Å². The topological polar surface area (TPSA) is 129 Å². The Hall–Kier alpha value is -3.88. The second-order valence-corrected chi connectivity index (χ2v) is 8.46. The Bertz CT molecular complexity index is 1130. The van der Waals surface area contributed by atoms with Crippen LogP contribution in [0, 0.1) is 5.92 Å². The van der Waals surface area contributed by atoms with Gasteiger partial charge in [-0.25, -0.2) is 4.79 Å². The van der Waals surface area contributed by atoms with Gasteiger partial charge in [-0.3, -0.25) is 4.79 Å². The number of aromatic nitrogens is 4. The van der Waals surface area contributed by atoms with E-state index in [0.717, 1.165) is 28.7 Å². The Morgan fingerprint density at radius 2 is 1.79 bits per heavy atom. The summed E-state index contributed by atoms with van der Waals surface area (Å²) in [6.07, 6.45) is 1.98. The summed E-state index contributed by atoms with van der Waals surface area (Å²) in [6.45, 7) is 5.25. The maximum Gasteiger partial charge on any atom is 0.337 e. The lowest BCUT2D eigenvalue weighted by atomic mass is 9.85. The normalized spacial score (nSPS) is 12.8. The second-order valence-electron chi connectivity index (χ2n) is 8.46. The van der Waals surface area contributed by atoms with E-state index in [4.69, 9.17) is 0 Å². The number of carbonyl (C=O) groups excluding carboxylic acids is 2. The van der Waals surface area contributed by atoms with Crippen LogP contribution >= 0.6 is 0 Å². The van der Waals surface area contributed by atoms with Crippen LogP contribution in [-0.2, 0) is 20.9 Å². The first-order chi connectivity index (χ1) is 16.3. The van der Waals surface area contributed by atoms with Crippen molar-refractivity contribution in [2.45, 2.75) is 52.1 Å². The van der Waals surface area contributed by atoms with E-state index in [1.165, 1.54) is 4.90 Å². The molecule has 0 radical (unpaired) electrons. The van der Waals surface area contributed by atoms with Crippen LogP contribution in [-0.4, -0.2) is 54.3 Å². The largest absolute Gasteiger partial charge is 0.479 e. The molecular weight excluding hydrogens is 434 g/mol. The van der Waals surface area contributed by atoms with Gasteiger partial charge in [-0.05, 0) is 34.2 Å². The number of hydrogen-bond donors (Lipinski definition) is 2. The lowest BCUT2D eigenvalue weighted by molar-refractivity contribution is -0.165. The number of aliphatic carboxylic acids is 1. The Balaban J connectivity index is 1.95. The molecule has 1 aromatic heterocycles. The molecule has 1 atom stereocenters. The third-order valence-electron chi connectivity index (χ3n) is 6.01. The molecule has 1 amide bonds. The van der Waals surface area contributed by atoms with E-state index in [2.05, 4.69) is 20.6 Å². The molecule has 0 aliphatic rings. The number of tetrazole rings is 1. The summed E-state index contributed by atoms with van der Waals surface area (Å²) in [5, 5.41) is 24.2. The highest BCUT2D eigenvalue weighted by molar-refractivity contribution is 6.01. The maximum atomic E-state index is 13.1. The van der Waals surface area contributed by atoms with Crippen LogP contribution < -0.4 is 0 Å². The lowest BCUT2D eigenvalue weighted by Gasteiger charge is -2.39. The van der Waals surface area contributed by atoms with Crippen LogP contribution in [0.25, 0.3) is 22.5 Å². The SMILES string of the molecule is CCCCC(=O)N(Cc1ccc(-c2ccccc2-c2nn[nH]n2)cc1)[C@@](C=O)(C(=O)O)C(C)C. The number of carboxylic acids is 1. The molecule has 0 saturated carbocycles. The highest BCUT2D eigenvalue weighted by Crippen LogP contribution is 2.31. The predicted molar refractivity (Wildman–Crippen MR) is 126 cm³/mol. The second kappa shape index (κ2) is 10.8. The quantitative estimate of drug-likeness (QED) is 0.327. The summed E-state index contributed by atoms with van der Waals surface area (Å²) >= 11 is 0. The summed E-state index contributed by atoms with van der Waals surface area (Å²) in [5.74, 6) is -1.81. The van der Waals surface area contributed by atoms with Crippen molar-refractivity contribution in [1.29, 1.82) is 0 Å². The van der Waals surface area contributed by atoms with Gasteiger partial charge in [0.05, 0.1) is 0 Å². The highest BCUT2D eigenvalue weighted by Gasteiger charge is 2.49. The molecule has 3 aromatic rings. The fourth-order valence-corrected chi connectivity index (χ4v) is 3.99. The number of unbranched alkanes of at least 4 members (excludes halogenated alkanes) is 1. The van der Waals surface area contributed by atoms with Gasteiger partial charge in [0.25, 0.3) is 0 Å². The Morgan fingerprint density at radius 1 is 1.12 bits per heavy atom. The van der Waals surface area contributed by atoms with Crippen LogP contribution in [0.15, 0.2) is 48.5 Å². The van der Waals surface area contributed by atoms with Gasteiger partial charge in [-0.2, -0.15) is 5.21 Å². The van der Waals surface area contributed by atoms with Gasteiger partial charge in [-0.1, -0.05) is 75.7 Å². The van der Waals surface area contributed by atoms with Gasteiger partial charge >= 0.3 is 5.97 Å². The Labute approximate surface area is 198 Å². The molecule has 34 heavy (non-hydrogen) atoms. The van der Waals surface area contributed by atoms with E-state index >= 15 is 0 Å². The fourth-order valence-electron chi connectivity index (χ4n) is 3.99. The maximum absolute atomic E-state index is 13.1. The van der Waals surface area contributed by atoms with E-state index in [0.29, 0.717) is 18.5 Å². The van der Waals surface area contributed by atoms with Gasteiger partial charge in [0.1, 0.15) is 0 Å².